The van der Waals surface area contributed by atoms with Crippen molar-refractivity contribution < 1.29 is 19.1 Å². The Balaban J connectivity index is 2.11. The van der Waals surface area contributed by atoms with Crippen LogP contribution in [0.2, 0.25) is 0 Å². The van der Waals surface area contributed by atoms with Crippen LogP contribution in [0.4, 0.5) is 5.69 Å². The van der Waals surface area contributed by atoms with Gasteiger partial charge in [0.05, 0.1) is 25.3 Å². The van der Waals surface area contributed by atoms with Crippen LogP contribution in [-0.2, 0) is 16.0 Å². The fourth-order valence-corrected chi connectivity index (χ4v) is 2.42. The molecule has 0 aliphatic heterocycles. The van der Waals surface area contributed by atoms with Crippen LogP contribution in [0.1, 0.15) is 31.8 Å². The number of ether oxygens (including phenoxy) is 2. The molecule has 0 aliphatic rings. The molecule has 2 aromatic carbocycles. The second-order valence-corrected chi connectivity index (χ2v) is 5.98. The number of esters is 2. The minimum Gasteiger partial charge on any atom is -0.465 e. The van der Waals surface area contributed by atoms with E-state index in [0.717, 1.165) is 5.56 Å². The molecule has 0 atom stereocenters. The summed E-state index contributed by atoms with van der Waals surface area (Å²) in [4.78, 5) is 23.6. The first kappa shape index (κ1) is 19.4. The highest BCUT2D eigenvalue weighted by Crippen LogP contribution is 2.17. The van der Waals surface area contributed by atoms with Gasteiger partial charge in [0.1, 0.15) is 0 Å². The number of benzene rings is 2. The minimum absolute atomic E-state index is 0.222. The highest BCUT2D eigenvalue weighted by atomic mass is 32.1. The number of hydrogen-bond donors (Lipinski definition) is 2. The average Bonchev–Trinajstić information content (AvgIpc) is 2.65. The topological polar surface area (TPSA) is 76.7 Å². The average molecular weight is 372 g/mol. The lowest BCUT2D eigenvalue weighted by Gasteiger charge is -2.13. The molecule has 6 nitrogen and oxygen atoms in total. The Morgan fingerprint density at radius 3 is 2.00 bits per heavy atom. The Morgan fingerprint density at radius 1 is 0.962 bits per heavy atom. The standard InChI is InChI=1S/C19H20N2O4S/c1-12-4-6-13(7-5-12)11-20-19(26)21-16-9-14(17(22)24-2)8-15(10-16)18(23)25-3/h4-10H,11H2,1-3H3,(H2,20,21,26). The number of hydrogen-bond acceptors (Lipinski definition) is 5. The largest absolute Gasteiger partial charge is 0.465 e. The molecule has 0 unspecified atom stereocenters. The number of methoxy groups -OCH3 is 2. The van der Waals surface area contributed by atoms with E-state index in [1.54, 1.807) is 12.1 Å². The Morgan fingerprint density at radius 2 is 1.50 bits per heavy atom. The highest BCUT2D eigenvalue weighted by Gasteiger charge is 2.14. The van der Waals surface area contributed by atoms with Crippen molar-refractivity contribution in [1.29, 1.82) is 0 Å². The monoisotopic (exact) mass is 372 g/mol. The number of thiocarbonyl (C=S) groups is 1. The predicted molar refractivity (Wildman–Crippen MR) is 103 cm³/mol. The molecule has 0 fully saturated rings. The Kier molecular flexibility index (Phi) is 6.68. The van der Waals surface area contributed by atoms with Crippen LogP contribution in [0, 0.1) is 6.92 Å². The van der Waals surface area contributed by atoms with Crippen LogP contribution in [0.15, 0.2) is 42.5 Å². The molecule has 0 saturated carbocycles. The second-order valence-electron chi connectivity index (χ2n) is 5.58. The van der Waals surface area contributed by atoms with E-state index in [1.807, 2.05) is 31.2 Å². The summed E-state index contributed by atoms with van der Waals surface area (Å²) >= 11 is 5.28. The smallest absolute Gasteiger partial charge is 0.337 e. The van der Waals surface area contributed by atoms with Gasteiger partial charge in [-0.05, 0) is 42.9 Å². The Bertz CT molecular complexity index is 785. The molecule has 0 aromatic heterocycles. The van der Waals surface area contributed by atoms with Gasteiger partial charge in [-0.1, -0.05) is 29.8 Å². The molecule has 0 saturated heterocycles. The maximum atomic E-state index is 11.8. The summed E-state index contributed by atoms with van der Waals surface area (Å²) in [5.41, 5.74) is 3.19. The number of nitrogens with one attached hydrogen (secondary N) is 2. The summed E-state index contributed by atoms with van der Waals surface area (Å²) < 4.78 is 9.42. The molecule has 0 spiro atoms. The zero-order valence-corrected chi connectivity index (χ0v) is 15.6. The summed E-state index contributed by atoms with van der Waals surface area (Å²) in [6.07, 6.45) is 0. The van der Waals surface area contributed by atoms with Crippen molar-refractivity contribution in [2.75, 3.05) is 19.5 Å². The minimum atomic E-state index is -0.558. The SMILES string of the molecule is COC(=O)c1cc(NC(=S)NCc2ccc(C)cc2)cc(C(=O)OC)c1. The van der Waals surface area contributed by atoms with E-state index in [4.69, 9.17) is 21.7 Å². The van der Waals surface area contributed by atoms with E-state index in [0.29, 0.717) is 17.3 Å². The lowest BCUT2D eigenvalue weighted by Crippen LogP contribution is -2.28. The third-order valence-corrected chi connectivity index (χ3v) is 3.85. The van der Waals surface area contributed by atoms with E-state index in [9.17, 15) is 9.59 Å². The van der Waals surface area contributed by atoms with E-state index >= 15 is 0 Å². The zero-order valence-electron chi connectivity index (χ0n) is 14.8. The Hall–Kier alpha value is -2.93. The summed E-state index contributed by atoms with van der Waals surface area (Å²) in [5, 5.41) is 6.41. The van der Waals surface area contributed by atoms with Crippen molar-refractivity contribution in [3.8, 4) is 0 Å². The maximum Gasteiger partial charge on any atom is 0.337 e. The predicted octanol–water partition coefficient (Wildman–Crippen LogP) is 3.05. The molecule has 0 amide bonds. The number of anilines is 1. The molecule has 26 heavy (non-hydrogen) atoms. The fourth-order valence-electron chi connectivity index (χ4n) is 2.23. The normalized spacial score (nSPS) is 9.96. The quantitative estimate of drug-likeness (QED) is 0.617. The van der Waals surface area contributed by atoms with Gasteiger partial charge >= 0.3 is 11.9 Å². The fraction of sp³-hybridized carbons (Fsp3) is 0.211. The maximum absolute atomic E-state index is 11.8. The summed E-state index contributed by atoms with van der Waals surface area (Å²) in [7, 11) is 2.54. The molecule has 0 radical (unpaired) electrons. The lowest BCUT2D eigenvalue weighted by molar-refractivity contribution is 0.0599. The number of carbonyl (C=O) groups excluding carboxylic acids is 2. The highest BCUT2D eigenvalue weighted by molar-refractivity contribution is 7.80. The van der Waals surface area contributed by atoms with Gasteiger partial charge in [0.2, 0.25) is 0 Å². The summed E-state index contributed by atoms with van der Waals surface area (Å²) in [6.45, 7) is 2.57. The molecular formula is C19H20N2O4S. The molecule has 136 valence electrons. The third kappa shape index (κ3) is 5.29. The van der Waals surface area contributed by atoms with Gasteiger partial charge in [0.25, 0.3) is 0 Å². The first-order chi connectivity index (χ1) is 12.4. The van der Waals surface area contributed by atoms with E-state index < -0.39 is 11.9 Å². The van der Waals surface area contributed by atoms with Gasteiger partial charge < -0.3 is 20.1 Å². The van der Waals surface area contributed by atoms with Crippen molar-refractivity contribution in [1.82, 2.24) is 5.32 Å². The van der Waals surface area contributed by atoms with Crippen molar-refractivity contribution in [2.45, 2.75) is 13.5 Å². The number of carbonyl (C=O) groups is 2. The van der Waals surface area contributed by atoms with Crippen LogP contribution in [-0.4, -0.2) is 31.3 Å². The molecule has 2 N–H and O–H groups in total. The van der Waals surface area contributed by atoms with Crippen LogP contribution < -0.4 is 10.6 Å². The molecule has 2 rings (SSSR count). The van der Waals surface area contributed by atoms with Crippen LogP contribution in [0.5, 0.6) is 0 Å². The first-order valence-corrected chi connectivity index (χ1v) is 8.26. The first-order valence-electron chi connectivity index (χ1n) is 7.85. The van der Waals surface area contributed by atoms with Crippen molar-refractivity contribution >= 4 is 35.0 Å². The van der Waals surface area contributed by atoms with E-state index in [1.165, 1.54) is 25.8 Å². The van der Waals surface area contributed by atoms with Crippen molar-refractivity contribution in [2.24, 2.45) is 0 Å². The lowest BCUT2D eigenvalue weighted by atomic mass is 10.1. The third-order valence-electron chi connectivity index (χ3n) is 3.61. The van der Waals surface area contributed by atoms with Crippen LogP contribution in [0.25, 0.3) is 0 Å². The number of rotatable bonds is 5. The molecule has 0 aliphatic carbocycles. The van der Waals surface area contributed by atoms with E-state index in [2.05, 4.69) is 10.6 Å². The Labute approximate surface area is 157 Å². The molecule has 0 bridgehead atoms. The summed E-state index contributed by atoms with van der Waals surface area (Å²) in [5.74, 6) is -1.12. The molecule has 2 aromatic rings. The molecule has 7 heteroatoms. The number of aryl methyl sites for hydroxylation is 1. The van der Waals surface area contributed by atoms with Crippen LogP contribution >= 0.6 is 12.2 Å². The van der Waals surface area contributed by atoms with Crippen molar-refractivity contribution in [3.63, 3.8) is 0 Å². The zero-order chi connectivity index (χ0) is 19.1. The second kappa shape index (κ2) is 8.96. The molecule has 0 heterocycles. The van der Waals surface area contributed by atoms with Crippen LogP contribution in [0.3, 0.4) is 0 Å². The van der Waals surface area contributed by atoms with Gasteiger partial charge in [-0.15, -0.1) is 0 Å². The van der Waals surface area contributed by atoms with Crippen molar-refractivity contribution in [3.05, 3.63) is 64.7 Å². The summed E-state index contributed by atoms with van der Waals surface area (Å²) in [6, 6.07) is 12.6. The van der Waals surface area contributed by atoms with Gasteiger partial charge in [0, 0.05) is 12.2 Å². The van der Waals surface area contributed by atoms with E-state index in [-0.39, 0.29) is 11.1 Å². The van der Waals surface area contributed by atoms with Gasteiger partial charge in [-0.3, -0.25) is 0 Å². The van der Waals surface area contributed by atoms with Gasteiger partial charge in [0.15, 0.2) is 5.11 Å². The molecular weight excluding hydrogens is 352 g/mol. The van der Waals surface area contributed by atoms with Gasteiger partial charge in [-0.2, -0.15) is 0 Å². The van der Waals surface area contributed by atoms with Gasteiger partial charge in [-0.25, -0.2) is 9.59 Å².